The van der Waals surface area contributed by atoms with Crippen molar-refractivity contribution in [1.82, 2.24) is 39.0 Å². The van der Waals surface area contributed by atoms with Gasteiger partial charge in [0.2, 0.25) is 5.95 Å². The molecule has 9 rings (SSSR count). The molecule has 70 heavy (non-hydrogen) atoms. The minimum absolute atomic E-state index is 0.00226. The van der Waals surface area contributed by atoms with Crippen LogP contribution in [0.4, 0.5) is 20.5 Å². The molecule has 6 aromatic rings. The Balaban J connectivity index is 0.943. The number of phosphoric acid groups is 1. The Kier molecular flexibility index (Phi) is 14.5. The summed E-state index contributed by atoms with van der Waals surface area (Å²) < 4.78 is 110. The molecule has 2 unspecified atom stereocenters. The van der Waals surface area contributed by atoms with E-state index in [2.05, 4.69) is 29.9 Å². The van der Waals surface area contributed by atoms with Gasteiger partial charge in [0, 0.05) is 12.2 Å². The number of nitrogens with two attached hydrogens (primary N) is 2. The second-order valence-electron chi connectivity index (χ2n) is 16.1. The van der Waals surface area contributed by atoms with E-state index in [1.54, 1.807) is 12.1 Å². The average Bonchev–Trinajstić information content (AvgIpc) is 4.10. The van der Waals surface area contributed by atoms with E-state index in [0.717, 1.165) is 41.4 Å². The summed E-state index contributed by atoms with van der Waals surface area (Å²) in [4.78, 5) is 71.2. The first kappa shape index (κ1) is 49.3. The van der Waals surface area contributed by atoms with E-state index in [1.165, 1.54) is 47.3 Å². The van der Waals surface area contributed by atoms with E-state index in [9.17, 15) is 28.4 Å². The first-order valence-electron chi connectivity index (χ1n) is 21.6. The van der Waals surface area contributed by atoms with Crippen LogP contribution in [-0.2, 0) is 47.5 Å². The van der Waals surface area contributed by atoms with Gasteiger partial charge in [-0.15, -0.1) is 0 Å². The fourth-order valence-corrected chi connectivity index (χ4v) is 12.0. The number of nitrogen functional groups attached to an aromatic ring is 2. The smallest absolute Gasteiger partial charge is 0.427 e. The number of halogens is 2. The van der Waals surface area contributed by atoms with E-state index in [-0.39, 0.29) is 69.3 Å². The molecule has 2 bridgehead atoms. The van der Waals surface area contributed by atoms with E-state index < -0.39 is 94.7 Å². The van der Waals surface area contributed by atoms with Gasteiger partial charge in [0.15, 0.2) is 47.4 Å². The highest BCUT2D eigenvalue weighted by Gasteiger charge is 2.54. The highest BCUT2D eigenvalue weighted by Crippen LogP contribution is 2.62. The third kappa shape index (κ3) is 10.6. The van der Waals surface area contributed by atoms with Crippen LogP contribution in [-0.4, -0.2) is 112 Å². The van der Waals surface area contributed by atoms with Gasteiger partial charge in [-0.05, 0) is 48.4 Å². The number of alkyl halides is 2. The zero-order valence-corrected chi connectivity index (χ0v) is 39.3. The van der Waals surface area contributed by atoms with Gasteiger partial charge < -0.3 is 44.6 Å². The standard InChI is InChI=1S/C41H44F2N10O14P2S/c1-2-3-4-5-27(54)63-23-12-8-22(9-13-23)40(56)64-24-10-6-21(7-11-24)16-70-68(57)20-60-32-26(66-38(29(32)43)52-18-48-30-34(44)46-17-47-35(30)52)15-62-69(58,59)67-33-28(42)25(14-61-68)65-39(33)53-19-49-31-36(53)50-41(45)51-37(31)55/h6-13,17-19,25-26,28-29,32-33,38-39H,2-5,14-16,20H2,1H3,(H,58,59)(H2,44,46,47)(H3,45,50,51,55)/t25-,26-,28-,29-,32-,33-,38-,39-,68?/m1/s1. The molecular formula is C41H44F2N10O14P2S. The van der Waals surface area contributed by atoms with Gasteiger partial charge in [-0.2, -0.15) is 4.98 Å². The fraction of sp³-hybridized carbons (Fsp3) is 0.415. The number of anilines is 2. The van der Waals surface area contributed by atoms with E-state index in [0.29, 0.717) is 12.0 Å². The number of unbranched alkanes of at least 4 members (excludes halogenated alkanes) is 2. The molecule has 3 saturated heterocycles. The second kappa shape index (κ2) is 20.5. The van der Waals surface area contributed by atoms with Crippen LogP contribution in [0.15, 0.2) is 72.3 Å². The number of ether oxygens (including phenoxy) is 5. The molecule has 0 radical (unpaired) electrons. The average molecular weight is 1030 g/mol. The number of phosphoric ester groups is 1. The van der Waals surface area contributed by atoms with Crippen molar-refractivity contribution < 1.29 is 69.6 Å². The van der Waals surface area contributed by atoms with Crippen molar-refractivity contribution >= 4 is 71.8 Å². The number of aromatic amines is 1. The maximum atomic E-state index is 16.7. The van der Waals surface area contributed by atoms with Crippen LogP contribution in [0.1, 0.15) is 61.0 Å². The predicted molar refractivity (Wildman–Crippen MR) is 243 cm³/mol. The van der Waals surface area contributed by atoms with Crippen molar-refractivity contribution in [2.45, 2.75) is 87.6 Å². The Morgan fingerprint density at radius 1 is 0.857 bits per heavy atom. The number of carbonyl (C=O) groups is 2. The molecular weight excluding hydrogens is 989 g/mol. The number of rotatable bonds is 12. The predicted octanol–water partition coefficient (Wildman–Crippen LogP) is 5.30. The van der Waals surface area contributed by atoms with Crippen LogP contribution in [0.25, 0.3) is 22.3 Å². The number of benzene rings is 2. The lowest BCUT2D eigenvalue weighted by molar-refractivity contribution is -0.134. The molecule has 7 heterocycles. The van der Waals surface area contributed by atoms with Gasteiger partial charge in [0.25, 0.3) is 12.1 Å². The minimum Gasteiger partial charge on any atom is -0.427 e. The van der Waals surface area contributed by atoms with E-state index >= 15 is 8.78 Å². The number of imidazole rings is 2. The maximum Gasteiger partial charge on any atom is 0.472 e. The van der Waals surface area contributed by atoms with Gasteiger partial charge in [-0.3, -0.25) is 37.3 Å². The van der Waals surface area contributed by atoms with Crippen LogP contribution in [0.3, 0.4) is 0 Å². The van der Waals surface area contributed by atoms with E-state index in [1.807, 2.05) is 6.92 Å². The molecule has 0 amide bonds. The first-order valence-corrected chi connectivity index (χ1v) is 26.5. The van der Waals surface area contributed by atoms with Crippen molar-refractivity contribution in [1.29, 1.82) is 0 Å². The second-order valence-corrected chi connectivity index (χ2v) is 22.3. The zero-order valence-electron chi connectivity index (χ0n) is 36.7. The van der Waals surface area contributed by atoms with Gasteiger partial charge >= 0.3 is 19.8 Å². The largest absolute Gasteiger partial charge is 0.472 e. The summed E-state index contributed by atoms with van der Waals surface area (Å²) >= 11 is 0.761. The zero-order chi connectivity index (χ0) is 49.3. The number of H-pyrrole nitrogens is 1. The number of nitrogens with one attached hydrogen (secondary N) is 1. The number of esters is 2. The molecule has 0 saturated carbocycles. The minimum atomic E-state index is -5.29. The van der Waals surface area contributed by atoms with Crippen molar-refractivity contribution in [3.05, 3.63) is 89.0 Å². The fourth-order valence-electron chi connectivity index (χ4n) is 7.78. The van der Waals surface area contributed by atoms with Crippen molar-refractivity contribution in [3.8, 4) is 11.5 Å². The number of hydrogen-bond acceptors (Lipinski definition) is 21. The maximum absolute atomic E-state index is 16.7. The Bertz CT molecular complexity index is 3040. The number of carbonyl (C=O) groups excluding carboxylic acids is 2. The Labute approximate surface area is 398 Å². The van der Waals surface area contributed by atoms with Crippen LogP contribution in [0.5, 0.6) is 11.5 Å². The van der Waals surface area contributed by atoms with Crippen LogP contribution < -0.4 is 26.5 Å². The quantitative estimate of drug-likeness (QED) is 0.0523. The molecule has 6 N–H and O–H groups in total. The molecule has 372 valence electrons. The van der Waals surface area contributed by atoms with Crippen LogP contribution in [0, 0.1) is 0 Å². The lowest BCUT2D eigenvalue weighted by Gasteiger charge is -2.26. The Morgan fingerprint density at radius 2 is 1.54 bits per heavy atom. The molecule has 0 aliphatic carbocycles. The summed E-state index contributed by atoms with van der Waals surface area (Å²) in [5.74, 6) is -0.951. The van der Waals surface area contributed by atoms with E-state index in [4.69, 9.17) is 48.7 Å². The molecule has 29 heteroatoms. The number of nitrogens with zero attached hydrogens (tertiary/aromatic N) is 7. The van der Waals surface area contributed by atoms with Crippen LogP contribution >= 0.6 is 25.8 Å². The number of aromatic nitrogens is 8. The molecule has 3 fully saturated rings. The molecule has 4 aromatic heterocycles. The highest BCUT2D eigenvalue weighted by molar-refractivity contribution is 8.56. The topological polar surface area (TPSA) is 322 Å². The lowest BCUT2D eigenvalue weighted by atomic mass is 10.1. The SMILES string of the molecule is CCCCCC(=O)Oc1ccc(C(=O)Oc2ccc(CSP3(=O)CO[C@H]4[C@@H](F)[C@H](n5cnc6c(N)ncnc65)O[C@@H]4COP(=O)(O)O[C@@H]4[C@H](F)[C@@H](CO3)O[C@H]4n3cnc4c(=O)[nH]c(N)nc43)cc2)cc1. The summed E-state index contributed by atoms with van der Waals surface area (Å²) in [5, 5.41) is 0. The van der Waals surface area contributed by atoms with Gasteiger partial charge in [-0.1, -0.05) is 43.3 Å². The molecule has 3 aliphatic heterocycles. The molecule has 3 aliphatic rings. The molecule has 2 aromatic carbocycles. The molecule has 10 atom stereocenters. The van der Waals surface area contributed by atoms with Gasteiger partial charge in [-0.25, -0.2) is 38.1 Å². The van der Waals surface area contributed by atoms with Crippen molar-refractivity contribution in [2.24, 2.45) is 0 Å². The molecule has 0 spiro atoms. The van der Waals surface area contributed by atoms with Crippen molar-refractivity contribution in [2.75, 3.05) is 31.0 Å². The Morgan fingerprint density at radius 3 is 2.30 bits per heavy atom. The summed E-state index contributed by atoms with van der Waals surface area (Å²) in [7, 11) is -5.29. The Hall–Kier alpha value is -5.73. The summed E-state index contributed by atoms with van der Waals surface area (Å²) in [5.41, 5.74) is 11.5. The normalized spacial score (nSPS) is 28.3. The van der Waals surface area contributed by atoms with Gasteiger partial charge in [0.05, 0.1) is 31.4 Å². The summed E-state index contributed by atoms with van der Waals surface area (Å²) in [6, 6.07) is 12.1. The first-order chi connectivity index (χ1) is 33.6. The van der Waals surface area contributed by atoms with Crippen LogP contribution in [0.2, 0.25) is 0 Å². The van der Waals surface area contributed by atoms with Crippen molar-refractivity contribution in [3.63, 3.8) is 0 Å². The summed E-state index contributed by atoms with van der Waals surface area (Å²) in [6.07, 6.45) is -8.87. The third-order valence-electron chi connectivity index (χ3n) is 11.3. The number of hydrogen-bond donors (Lipinski definition) is 4. The van der Waals surface area contributed by atoms with Gasteiger partial charge in [0.1, 0.15) is 54.1 Å². The monoisotopic (exact) mass is 1030 g/mol. The lowest BCUT2D eigenvalue weighted by Crippen LogP contribution is -2.36. The summed E-state index contributed by atoms with van der Waals surface area (Å²) in [6.45, 7) is -3.81. The third-order valence-corrected chi connectivity index (χ3v) is 16.4. The number of fused-ring (bicyclic) bond motifs is 5. The highest BCUT2D eigenvalue weighted by atomic mass is 32.7. The molecule has 24 nitrogen and oxygen atoms in total.